The highest BCUT2D eigenvalue weighted by atomic mass is 16.5. The Bertz CT molecular complexity index is 414. The van der Waals surface area contributed by atoms with Crippen LogP contribution >= 0.6 is 0 Å². The first-order valence-corrected chi connectivity index (χ1v) is 10.6. The molecule has 5 heteroatoms. The maximum absolute atomic E-state index is 5.41. The van der Waals surface area contributed by atoms with Gasteiger partial charge in [0.1, 0.15) is 0 Å². The monoisotopic (exact) mass is 350 g/mol. The van der Waals surface area contributed by atoms with Crippen LogP contribution in [-0.4, -0.2) is 74.8 Å². The Kier molecular flexibility index (Phi) is 7.41. The summed E-state index contributed by atoms with van der Waals surface area (Å²) < 4.78 is 5.41. The second-order valence-corrected chi connectivity index (χ2v) is 8.13. The first-order valence-electron chi connectivity index (χ1n) is 10.6. The van der Waals surface area contributed by atoms with Gasteiger partial charge in [-0.1, -0.05) is 19.3 Å². The highest BCUT2D eigenvalue weighted by Crippen LogP contribution is 2.43. The Morgan fingerprint density at radius 3 is 2.60 bits per heavy atom. The fourth-order valence-electron chi connectivity index (χ4n) is 4.71. The number of likely N-dealkylation sites (tertiary alicyclic amines) is 1. The molecule has 25 heavy (non-hydrogen) atoms. The van der Waals surface area contributed by atoms with Crippen LogP contribution < -0.4 is 5.32 Å². The number of aliphatic imine (C=N–C) groups is 1. The van der Waals surface area contributed by atoms with Crippen LogP contribution in [0.3, 0.4) is 0 Å². The van der Waals surface area contributed by atoms with Gasteiger partial charge in [-0.3, -0.25) is 9.89 Å². The van der Waals surface area contributed by atoms with E-state index in [4.69, 9.17) is 9.73 Å². The quantitative estimate of drug-likeness (QED) is 0.454. The Labute approximate surface area is 154 Å². The summed E-state index contributed by atoms with van der Waals surface area (Å²) in [7, 11) is 0. The number of nitrogens with zero attached hydrogens (tertiary/aromatic N) is 3. The van der Waals surface area contributed by atoms with E-state index in [-0.39, 0.29) is 0 Å². The summed E-state index contributed by atoms with van der Waals surface area (Å²) in [6.45, 7) is 11.7. The van der Waals surface area contributed by atoms with Gasteiger partial charge in [-0.05, 0) is 51.0 Å². The molecule has 0 aromatic carbocycles. The zero-order chi connectivity index (χ0) is 17.4. The Morgan fingerprint density at radius 1 is 1.04 bits per heavy atom. The minimum Gasteiger partial charge on any atom is -0.379 e. The van der Waals surface area contributed by atoms with Gasteiger partial charge in [0.2, 0.25) is 0 Å². The molecular weight excluding hydrogens is 312 g/mol. The number of ether oxygens (including phenoxy) is 1. The van der Waals surface area contributed by atoms with Crippen molar-refractivity contribution in [2.24, 2.45) is 10.4 Å². The summed E-state index contributed by atoms with van der Waals surface area (Å²) in [5.41, 5.74) is 0.602. The van der Waals surface area contributed by atoms with Crippen LogP contribution in [0.5, 0.6) is 0 Å². The molecule has 1 spiro atoms. The molecule has 2 heterocycles. The van der Waals surface area contributed by atoms with E-state index < -0.39 is 0 Å². The van der Waals surface area contributed by atoms with Crippen LogP contribution in [0.2, 0.25) is 0 Å². The largest absolute Gasteiger partial charge is 0.379 e. The highest BCUT2D eigenvalue weighted by molar-refractivity contribution is 5.80. The first-order chi connectivity index (χ1) is 12.3. The summed E-state index contributed by atoms with van der Waals surface area (Å²) in [5, 5.41) is 3.54. The third-order valence-corrected chi connectivity index (χ3v) is 6.23. The lowest BCUT2D eigenvalue weighted by atomic mass is 9.73. The van der Waals surface area contributed by atoms with E-state index >= 15 is 0 Å². The van der Waals surface area contributed by atoms with Gasteiger partial charge >= 0.3 is 0 Å². The molecule has 2 saturated heterocycles. The molecule has 0 aromatic rings. The molecule has 0 radical (unpaired) electrons. The van der Waals surface area contributed by atoms with Gasteiger partial charge < -0.3 is 15.0 Å². The number of unbranched alkanes of at least 4 members (excludes halogenated alkanes) is 1. The summed E-state index contributed by atoms with van der Waals surface area (Å²) in [6.07, 6.45) is 11.0. The minimum atomic E-state index is 0.602. The summed E-state index contributed by atoms with van der Waals surface area (Å²) in [4.78, 5) is 10.0. The molecule has 1 aliphatic carbocycles. The lowest BCUT2D eigenvalue weighted by molar-refractivity contribution is 0.0373. The summed E-state index contributed by atoms with van der Waals surface area (Å²) in [6, 6.07) is 0. The average Bonchev–Trinajstić information content (AvgIpc) is 3.05. The van der Waals surface area contributed by atoms with Gasteiger partial charge in [0.15, 0.2) is 5.96 Å². The highest BCUT2D eigenvalue weighted by Gasteiger charge is 2.39. The number of morpholine rings is 1. The SMILES string of the molecule is CCNC(=NCCCCN1CCOCC1)N1CCC2(CCCCC2)C1. The lowest BCUT2D eigenvalue weighted by Gasteiger charge is -2.33. The van der Waals surface area contributed by atoms with E-state index in [1.54, 1.807) is 0 Å². The standard InChI is InChI=1S/C20H38N4O/c1-2-21-19(22-11-6-7-12-23-14-16-25-17-15-23)24-13-10-20(18-24)8-4-3-5-9-20/h2-18H2,1H3,(H,21,22). The van der Waals surface area contributed by atoms with Crippen LogP contribution in [0.1, 0.15) is 58.3 Å². The minimum absolute atomic E-state index is 0.602. The average molecular weight is 351 g/mol. The predicted octanol–water partition coefficient (Wildman–Crippen LogP) is 2.72. The smallest absolute Gasteiger partial charge is 0.193 e. The fraction of sp³-hybridized carbons (Fsp3) is 0.950. The zero-order valence-electron chi connectivity index (χ0n) is 16.3. The molecule has 3 rings (SSSR count). The molecule has 2 aliphatic heterocycles. The van der Waals surface area contributed by atoms with Crippen LogP contribution in [0.15, 0.2) is 4.99 Å². The molecule has 0 amide bonds. The molecule has 0 bridgehead atoms. The van der Waals surface area contributed by atoms with Gasteiger partial charge in [-0.25, -0.2) is 0 Å². The van der Waals surface area contributed by atoms with E-state index in [1.165, 1.54) is 71.0 Å². The van der Waals surface area contributed by atoms with Gasteiger partial charge in [0.25, 0.3) is 0 Å². The Balaban J connectivity index is 1.41. The van der Waals surface area contributed by atoms with Crippen molar-refractivity contribution < 1.29 is 4.74 Å². The third-order valence-electron chi connectivity index (χ3n) is 6.23. The molecule has 3 aliphatic rings. The Morgan fingerprint density at radius 2 is 1.84 bits per heavy atom. The van der Waals surface area contributed by atoms with E-state index in [0.717, 1.165) is 45.4 Å². The first kappa shape index (κ1) is 19.0. The van der Waals surface area contributed by atoms with Crippen LogP contribution in [0.4, 0.5) is 0 Å². The molecule has 1 saturated carbocycles. The van der Waals surface area contributed by atoms with Crippen LogP contribution in [-0.2, 0) is 4.74 Å². The zero-order valence-corrected chi connectivity index (χ0v) is 16.3. The van der Waals surface area contributed by atoms with Gasteiger partial charge in [0.05, 0.1) is 13.2 Å². The van der Waals surface area contributed by atoms with Gasteiger partial charge in [0, 0.05) is 39.3 Å². The van der Waals surface area contributed by atoms with Crippen molar-refractivity contribution in [3.63, 3.8) is 0 Å². The molecule has 3 fully saturated rings. The molecule has 1 N–H and O–H groups in total. The summed E-state index contributed by atoms with van der Waals surface area (Å²) >= 11 is 0. The molecule has 5 nitrogen and oxygen atoms in total. The molecule has 0 unspecified atom stereocenters. The van der Waals surface area contributed by atoms with Gasteiger partial charge in [-0.2, -0.15) is 0 Å². The summed E-state index contributed by atoms with van der Waals surface area (Å²) in [5.74, 6) is 1.16. The van der Waals surface area contributed by atoms with Crippen molar-refractivity contribution >= 4 is 5.96 Å². The number of hydrogen-bond donors (Lipinski definition) is 1. The lowest BCUT2D eigenvalue weighted by Crippen LogP contribution is -2.41. The van der Waals surface area contributed by atoms with Crippen molar-refractivity contribution in [3.8, 4) is 0 Å². The number of nitrogens with one attached hydrogen (secondary N) is 1. The maximum Gasteiger partial charge on any atom is 0.193 e. The third kappa shape index (κ3) is 5.58. The molecule has 144 valence electrons. The maximum atomic E-state index is 5.41. The molecular formula is C20H38N4O. The van der Waals surface area contributed by atoms with Crippen LogP contribution in [0.25, 0.3) is 0 Å². The van der Waals surface area contributed by atoms with Crippen molar-refractivity contribution in [1.82, 2.24) is 15.1 Å². The van der Waals surface area contributed by atoms with Crippen molar-refractivity contribution in [2.45, 2.75) is 58.3 Å². The predicted molar refractivity (Wildman–Crippen MR) is 104 cm³/mol. The van der Waals surface area contributed by atoms with E-state index in [2.05, 4.69) is 22.0 Å². The van der Waals surface area contributed by atoms with Gasteiger partial charge in [-0.15, -0.1) is 0 Å². The molecule has 0 aromatic heterocycles. The number of rotatable bonds is 6. The van der Waals surface area contributed by atoms with Crippen LogP contribution in [0, 0.1) is 5.41 Å². The topological polar surface area (TPSA) is 40.1 Å². The van der Waals surface area contributed by atoms with E-state index in [9.17, 15) is 0 Å². The second kappa shape index (κ2) is 9.77. The van der Waals surface area contributed by atoms with E-state index in [0.29, 0.717) is 5.41 Å². The number of hydrogen-bond acceptors (Lipinski definition) is 3. The van der Waals surface area contributed by atoms with Crippen molar-refractivity contribution in [3.05, 3.63) is 0 Å². The Hall–Kier alpha value is -0.810. The van der Waals surface area contributed by atoms with Crippen molar-refractivity contribution in [1.29, 1.82) is 0 Å². The van der Waals surface area contributed by atoms with E-state index in [1.807, 2.05) is 0 Å². The fourth-order valence-corrected chi connectivity index (χ4v) is 4.71. The molecule has 0 atom stereocenters. The number of guanidine groups is 1. The second-order valence-electron chi connectivity index (χ2n) is 8.13. The van der Waals surface area contributed by atoms with Crippen molar-refractivity contribution in [2.75, 3.05) is 59.0 Å². The normalized spacial score (nSPS) is 24.8.